The van der Waals surface area contributed by atoms with Crippen molar-refractivity contribution in [3.8, 4) is 0 Å². The second kappa shape index (κ2) is 7.18. The molecule has 1 amide bonds. The van der Waals surface area contributed by atoms with Crippen LogP contribution in [0, 0.1) is 0 Å². The molecule has 4 nitrogen and oxygen atoms in total. The van der Waals surface area contributed by atoms with Crippen molar-refractivity contribution in [2.75, 3.05) is 6.26 Å². The van der Waals surface area contributed by atoms with E-state index in [1.165, 1.54) is 11.3 Å². The zero-order valence-corrected chi connectivity index (χ0v) is 12.0. The highest BCUT2D eigenvalue weighted by atomic mass is 32.2. The molecule has 0 aliphatic heterocycles. The van der Waals surface area contributed by atoms with Gasteiger partial charge in [-0.25, -0.2) is 0 Å². The Morgan fingerprint density at radius 2 is 1.89 bits per heavy atom. The van der Waals surface area contributed by atoms with Crippen LogP contribution in [0.3, 0.4) is 0 Å². The first-order valence-corrected chi connectivity index (χ1v) is 7.79. The van der Waals surface area contributed by atoms with E-state index in [1.807, 2.05) is 30.3 Å². The van der Waals surface area contributed by atoms with Crippen molar-refractivity contribution >= 4 is 28.0 Å². The smallest absolute Gasteiger partial charge is 0.251 e. The van der Waals surface area contributed by atoms with Gasteiger partial charge in [0.1, 0.15) is 0 Å². The van der Waals surface area contributed by atoms with Crippen molar-refractivity contribution < 1.29 is 14.5 Å². The van der Waals surface area contributed by atoms with Gasteiger partial charge >= 0.3 is 0 Å². The minimum atomic E-state index is -0.953. The number of hydrogen-bond donors (Lipinski definition) is 1. The largest absolute Gasteiger partial charge is 0.412 e. The van der Waals surface area contributed by atoms with Crippen LogP contribution in [0.15, 0.2) is 46.7 Å². The lowest BCUT2D eigenvalue weighted by atomic mass is 10.2. The molecule has 6 heteroatoms. The van der Waals surface area contributed by atoms with E-state index in [4.69, 9.17) is 0 Å². The third-order valence-corrected chi connectivity index (χ3v) is 4.92. The monoisotopic (exact) mass is 297 g/mol. The maximum Gasteiger partial charge on any atom is 0.251 e. The van der Waals surface area contributed by atoms with Crippen LogP contribution in [0.1, 0.15) is 15.2 Å². The molecule has 3 N–H and O–H groups in total. The predicted octanol–water partition coefficient (Wildman–Crippen LogP) is 1.59. The Morgan fingerprint density at radius 1 is 1.21 bits per heavy atom. The van der Waals surface area contributed by atoms with E-state index < -0.39 is 10.8 Å². The van der Waals surface area contributed by atoms with Crippen LogP contribution in [0.2, 0.25) is 0 Å². The molecule has 1 aromatic heterocycles. The topological polar surface area (TPSA) is 77.7 Å². The van der Waals surface area contributed by atoms with Crippen LogP contribution in [-0.2, 0) is 17.3 Å². The Morgan fingerprint density at radius 3 is 2.47 bits per heavy atom. The third kappa shape index (κ3) is 4.27. The van der Waals surface area contributed by atoms with E-state index in [-0.39, 0.29) is 11.4 Å². The fourth-order valence-corrected chi connectivity index (χ4v) is 3.19. The van der Waals surface area contributed by atoms with E-state index in [0.717, 1.165) is 9.09 Å². The number of carbonyl (C=O) groups excluding carboxylic acids is 1. The fraction of sp³-hybridized carbons (Fsp3) is 0.154. The molecule has 1 unspecified atom stereocenters. The van der Waals surface area contributed by atoms with Crippen molar-refractivity contribution in [2.24, 2.45) is 0 Å². The third-order valence-electron chi connectivity index (χ3n) is 2.38. The molecule has 1 heterocycles. The molecule has 102 valence electrons. The molecule has 1 atom stereocenters. The summed E-state index contributed by atoms with van der Waals surface area (Å²) in [7, 11) is -0.953. The Kier molecular flexibility index (Phi) is 5.88. The molecule has 0 radical (unpaired) electrons. The van der Waals surface area contributed by atoms with Gasteiger partial charge in [-0.1, -0.05) is 18.2 Å². The van der Waals surface area contributed by atoms with E-state index in [9.17, 15) is 9.00 Å². The fourth-order valence-electron chi connectivity index (χ4n) is 1.47. The van der Waals surface area contributed by atoms with E-state index in [0.29, 0.717) is 12.1 Å². The first kappa shape index (κ1) is 15.6. The minimum absolute atomic E-state index is 0. The molecule has 1 aromatic carbocycles. The Labute approximate surface area is 118 Å². The second-order valence-corrected chi connectivity index (χ2v) is 6.50. The Bertz CT molecular complexity index is 566. The van der Waals surface area contributed by atoms with Gasteiger partial charge in [0, 0.05) is 16.7 Å². The Balaban J connectivity index is 0.00000180. The SMILES string of the molecule is CS(=O)c1ccc(CNC(=O)c2ccccc2)s1.O. The van der Waals surface area contributed by atoms with Crippen LogP contribution in [-0.4, -0.2) is 21.8 Å². The molecule has 0 saturated heterocycles. The molecule has 2 rings (SSSR count). The summed E-state index contributed by atoms with van der Waals surface area (Å²) in [4.78, 5) is 12.8. The van der Waals surface area contributed by atoms with Crippen molar-refractivity contribution in [1.29, 1.82) is 0 Å². The summed E-state index contributed by atoms with van der Waals surface area (Å²) in [5.74, 6) is -0.0943. The first-order chi connectivity index (χ1) is 8.66. The summed E-state index contributed by atoms with van der Waals surface area (Å²) < 4.78 is 12.1. The number of benzene rings is 1. The number of carbonyl (C=O) groups is 1. The normalized spacial score (nSPS) is 11.4. The molecule has 0 bridgehead atoms. The van der Waals surface area contributed by atoms with E-state index in [2.05, 4.69) is 5.32 Å². The summed E-state index contributed by atoms with van der Waals surface area (Å²) in [5, 5.41) is 2.84. The average molecular weight is 297 g/mol. The van der Waals surface area contributed by atoms with Crippen LogP contribution >= 0.6 is 11.3 Å². The number of thiophene rings is 1. The molecule has 0 aliphatic carbocycles. The maximum absolute atomic E-state index is 11.8. The van der Waals surface area contributed by atoms with Crippen LogP contribution in [0.4, 0.5) is 0 Å². The molecule has 19 heavy (non-hydrogen) atoms. The number of amides is 1. The molecule has 2 aromatic rings. The number of hydrogen-bond acceptors (Lipinski definition) is 3. The summed E-state index contributed by atoms with van der Waals surface area (Å²) in [6, 6.07) is 12.8. The molecule has 0 spiro atoms. The highest BCUT2D eigenvalue weighted by Gasteiger charge is 2.06. The highest BCUT2D eigenvalue weighted by molar-refractivity contribution is 7.86. The van der Waals surface area contributed by atoms with Gasteiger partial charge < -0.3 is 10.8 Å². The van der Waals surface area contributed by atoms with Crippen LogP contribution < -0.4 is 5.32 Å². The predicted molar refractivity (Wildman–Crippen MR) is 77.9 cm³/mol. The van der Waals surface area contributed by atoms with Crippen molar-refractivity contribution in [2.45, 2.75) is 10.8 Å². The summed E-state index contributed by atoms with van der Waals surface area (Å²) in [5.41, 5.74) is 0.647. The van der Waals surface area contributed by atoms with Gasteiger partial charge in [-0.15, -0.1) is 11.3 Å². The lowest BCUT2D eigenvalue weighted by molar-refractivity contribution is 0.0951. The summed E-state index contributed by atoms with van der Waals surface area (Å²) in [6.45, 7) is 0.468. The van der Waals surface area contributed by atoms with Crippen LogP contribution in [0.5, 0.6) is 0 Å². The van der Waals surface area contributed by atoms with E-state index >= 15 is 0 Å². The Hall–Kier alpha value is -1.50. The number of nitrogens with one attached hydrogen (secondary N) is 1. The molecular formula is C13H15NO3S2. The number of rotatable bonds is 4. The zero-order chi connectivity index (χ0) is 13.0. The van der Waals surface area contributed by atoms with Gasteiger partial charge in [0.15, 0.2) is 0 Å². The minimum Gasteiger partial charge on any atom is -0.412 e. The molecular weight excluding hydrogens is 282 g/mol. The second-order valence-electron chi connectivity index (χ2n) is 3.72. The van der Waals surface area contributed by atoms with Crippen molar-refractivity contribution in [3.05, 3.63) is 52.9 Å². The summed E-state index contributed by atoms with van der Waals surface area (Å²) in [6.07, 6.45) is 1.65. The van der Waals surface area contributed by atoms with Gasteiger partial charge in [-0.3, -0.25) is 9.00 Å². The quantitative estimate of drug-likeness (QED) is 0.930. The van der Waals surface area contributed by atoms with Gasteiger partial charge in [0.05, 0.1) is 21.6 Å². The van der Waals surface area contributed by atoms with Gasteiger partial charge in [-0.05, 0) is 24.3 Å². The average Bonchev–Trinajstić information content (AvgIpc) is 2.86. The molecule has 0 saturated carbocycles. The molecule has 0 fully saturated rings. The molecule has 0 aliphatic rings. The van der Waals surface area contributed by atoms with Crippen LogP contribution in [0.25, 0.3) is 0 Å². The maximum atomic E-state index is 11.8. The van der Waals surface area contributed by atoms with Gasteiger partial charge in [-0.2, -0.15) is 0 Å². The van der Waals surface area contributed by atoms with Crippen molar-refractivity contribution in [3.63, 3.8) is 0 Å². The highest BCUT2D eigenvalue weighted by Crippen LogP contribution is 2.19. The van der Waals surface area contributed by atoms with E-state index in [1.54, 1.807) is 18.4 Å². The zero-order valence-electron chi connectivity index (χ0n) is 10.4. The lowest BCUT2D eigenvalue weighted by Crippen LogP contribution is -2.22. The van der Waals surface area contributed by atoms with Gasteiger partial charge in [0.2, 0.25) is 0 Å². The lowest BCUT2D eigenvalue weighted by Gasteiger charge is -2.02. The standard InChI is InChI=1S/C13H13NO2S2.H2O/c1-18(16)12-8-7-11(17-12)9-14-13(15)10-5-3-2-4-6-10;/h2-8H,9H2,1H3,(H,14,15);1H2. The summed E-state index contributed by atoms with van der Waals surface area (Å²) >= 11 is 1.46. The first-order valence-electron chi connectivity index (χ1n) is 5.42. The van der Waals surface area contributed by atoms with Crippen molar-refractivity contribution in [1.82, 2.24) is 5.32 Å². The van der Waals surface area contributed by atoms with Gasteiger partial charge in [0.25, 0.3) is 5.91 Å².